The summed E-state index contributed by atoms with van der Waals surface area (Å²) in [5.74, 6) is 0. The number of nitrogens with one attached hydrogen (secondary N) is 1. The Bertz CT molecular complexity index is 446. The first-order chi connectivity index (χ1) is 7.75. The molecule has 0 aliphatic heterocycles. The van der Waals surface area contributed by atoms with Crippen molar-refractivity contribution in [3.63, 3.8) is 0 Å². The first kappa shape index (κ1) is 11.3. The Labute approximate surface area is 99.3 Å². The molecule has 0 amide bonds. The average Bonchev–Trinajstić information content (AvgIpc) is 2.83. The Kier molecular flexibility index (Phi) is 3.69. The molecule has 0 fully saturated rings. The van der Waals surface area contributed by atoms with Gasteiger partial charge in [-0.2, -0.15) is 5.10 Å². The van der Waals surface area contributed by atoms with E-state index in [-0.39, 0.29) is 0 Å². The third-order valence-corrected chi connectivity index (χ3v) is 3.35. The number of hydrogen-bond acceptors (Lipinski definition) is 4. The molecule has 0 aliphatic carbocycles. The van der Waals surface area contributed by atoms with Gasteiger partial charge in [0.2, 0.25) is 0 Å². The molecule has 2 aromatic rings. The number of aryl methyl sites for hydroxylation is 2. The van der Waals surface area contributed by atoms with Crippen LogP contribution in [0.3, 0.4) is 0 Å². The molecule has 16 heavy (non-hydrogen) atoms. The quantitative estimate of drug-likeness (QED) is 0.804. The SMILES string of the molecule is Cc1cnn(CCNCc2scnc2C)c1. The average molecular weight is 236 g/mol. The summed E-state index contributed by atoms with van der Waals surface area (Å²) in [6, 6.07) is 0. The second kappa shape index (κ2) is 5.23. The van der Waals surface area contributed by atoms with Gasteiger partial charge < -0.3 is 5.32 Å². The van der Waals surface area contributed by atoms with Crippen molar-refractivity contribution in [1.29, 1.82) is 0 Å². The fraction of sp³-hybridized carbons (Fsp3) is 0.455. The molecule has 0 saturated heterocycles. The Balaban J connectivity index is 1.71. The summed E-state index contributed by atoms with van der Waals surface area (Å²) in [5, 5.41) is 7.63. The van der Waals surface area contributed by atoms with E-state index >= 15 is 0 Å². The predicted octanol–water partition coefficient (Wildman–Crippen LogP) is 1.75. The highest BCUT2D eigenvalue weighted by Crippen LogP contribution is 2.10. The molecule has 0 aliphatic rings. The van der Waals surface area contributed by atoms with Crippen molar-refractivity contribution in [2.45, 2.75) is 26.9 Å². The van der Waals surface area contributed by atoms with Gasteiger partial charge in [0.05, 0.1) is 23.9 Å². The Morgan fingerprint density at radius 2 is 2.31 bits per heavy atom. The molecule has 2 heterocycles. The third kappa shape index (κ3) is 2.90. The lowest BCUT2D eigenvalue weighted by atomic mass is 10.4. The summed E-state index contributed by atoms with van der Waals surface area (Å²) < 4.78 is 1.96. The lowest BCUT2D eigenvalue weighted by Gasteiger charge is -2.03. The summed E-state index contributed by atoms with van der Waals surface area (Å²) >= 11 is 1.70. The maximum absolute atomic E-state index is 4.23. The maximum atomic E-state index is 4.23. The van der Waals surface area contributed by atoms with Crippen LogP contribution in [0.25, 0.3) is 0 Å². The van der Waals surface area contributed by atoms with Crippen molar-refractivity contribution >= 4 is 11.3 Å². The molecule has 0 atom stereocenters. The minimum atomic E-state index is 0.900. The van der Waals surface area contributed by atoms with Gasteiger partial charge in [-0.25, -0.2) is 4.98 Å². The van der Waals surface area contributed by atoms with E-state index < -0.39 is 0 Å². The number of nitrogens with zero attached hydrogens (tertiary/aromatic N) is 3. The van der Waals surface area contributed by atoms with Crippen molar-refractivity contribution in [3.8, 4) is 0 Å². The molecule has 0 bridgehead atoms. The van der Waals surface area contributed by atoms with Gasteiger partial charge in [-0.15, -0.1) is 11.3 Å². The highest BCUT2D eigenvalue weighted by atomic mass is 32.1. The number of aromatic nitrogens is 3. The number of thiazole rings is 1. The maximum Gasteiger partial charge on any atom is 0.0798 e. The Morgan fingerprint density at radius 3 is 2.94 bits per heavy atom. The van der Waals surface area contributed by atoms with Crippen LogP contribution in [0.2, 0.25) is 0 Å². The fourth-order valence-corrected chi connectivity index (χ4v) is 2.23. The highest BCUT2D eigenvalue weighted by Gasteiger charge is 2.00. The van der Waals surface area contributed by atoms with Gasteiger partial charge in [0.1, 0.15) is 0 Å². The van der Waals surface area contributed by atoms with E-state index in [1.165, 1.54) is 10.4 Å². The second-order valence-corrected chi connectivity index (χ2v) is 4.76. The molecule has 4 nitrogen and oxygen atoms in total. The molecule has 0 radical (unpaired) electrons. The van der Waals surface area contributed by atoms with Crippen LogP contribution in [0.15, 0.2) is 17.9 Å². The first-order valence-corrected chi connectivity index (χ1v) is 6.22. The number of hydrogen-bond donors (Lipinski definition) is 1. The molecular weight excluding hydrogens is 220 g/mol. The minimum Gasteiger partial charge on any atom is -0.310 e. The first-order valence-electron chi connectivity index (χ1n) is 5.34. The molecule has 0 spiro atoms. The monoisotopic (exact) mass is 236 g/mol. The van der Waals surface area contributed by atoms with Crippen LogP contribution in [0.5, 0.6) is 0 Å². The molecular formula is C11H16N4S. The lowest BCUT2D eigenvalue weighted by Crippen LogP contribution is -2.19. The lowest BCUT2D eigenvalue weighted by molar-refractivity contribution is 0.556. The van der Waals surface area contributed by atoms with Crippen LogP contribution in [0, 0.1) is 13.8 Å². The topological polar surface area (TPSA) is 42.7 Å². The largest absolute Gasteiger partial charge is 0.310 e. The van der Waals surface area contributed by atoms with E-state index in [0.717, 1.165) is 25.3 Å². The third-order valence-electron chi connectivity index (χ3n) is 2.41. The summed E-state index contributed by atoms with van der Waals surface area (Å²) in [7, 11) is 0. The predicted molar refractivity (Wildman–Crippen MR) is 65.5 cm³/mol. The van der Waals surface area contributed by atoms with Gasteiger partial charge in [-0.05, 0) is 19.4 Å². The zero-order chi connectivity index (χ0) is 11.4. The van der Waals surface area contributed by atoms with Crippen molar-refractivity contribution in [1.82, 2.24) is 20.1 Å². The van der Waals surface area contributed by atoms with Crippen LogP contribution >= 0.6 is 11.3 Å². The van der Waals surface area contributed by atoms with Crippen LogP contribution in [0.4, 0.5) is 0 Å². The van der Waals surface area contributed by atoms with Crippen LogP contribution in [0.1, 0.15) is 16.1 Å². The fourth-order valence-electron chi connectivity index (χ4n) is 1.48. The highest BCUT2D eigenvalue weighted by molar-refractivity contribution is 7.09. The summed E-state index contributed by atoms with van der Waals surface area (Å²) in [5.41, 5.74) is 4.23. The minimum absolute atomic E-state index is 0.900. The molecule has 0 aromatic carbocycles. The molecule has 0 unspecified atom stereocenters. The van der Waals surface area contributed by atoms with Crippen molar-refractivity contribution in [2.24, 2.45) is 0 Å². The van der Waals surface area contributed by atoms with E-state index in [2.05, 4.69) is 28.5 Å². The molecule has 0 saturated carbocycles. The summed E-state index contributed by atoms with van der Waals surface area (Å²) in [6.07, 6.45) is 3.94. The van der Waals surface area contributed by atoms with E-state index in [9.17, 15) is 0 Å². The Hall–Kier alpha value is -1.20. The normalized spacial score (nSPS) is 10.9. The van der Waals surface area contributed by atoms with Gasteiger partial charge >= 0.3 is 0 Å². The van der Waals surface area contributed by atoms with Gasteiger partial charge in [-0.1, -0.05) is 0 Å². The van der Waals surface area contributed by atoms with E-state index in [1.54, 1.807) is 11.3 Å². The van der Waals surface area contributed by atoms with Gasteiger partial charge in [0, 0.05) is 24.2 Å². The zero-order valence-corrected chi connectivity index (χ0v) is 10.4. The van der Waals surface area contributed by atoms with E-state index in [0.29, 0.717) is 0 Å². The van der Waals surface area contributed by atoms with E-state index in [1.807, 2.05) is 23.3 Å². The molecule has 1 N–H and O–H groups in total. The smallest absolute Gasteiger partial charge is 0.0798 e. The molecule has 5 heteroatoms. The van der Waals surface area contributed by atoms with Crippen LogP contribution in [-0.4, -0.2) is 21.3 Å². The van der Waals surface area contributed by atoms with Gasteiger partial charge in [0.15, 0.2) is 0 Å². The van der Waals surface area contributed by atoms with Crippen molar-refractivity contribution in [3.05, 3.63) is 34.0 Å². The van der Waals surface area contributed by atoms with Crippen molar-refractivity contribution < 1.29 is 0 Å². The summed E-state index contributed by atoms with van der Waals surface area (Å²) in [4.78, 5) is 5.53. The molecule has 86 valence electrons. The van der Waals surface area contributed by atoms with Gasteiger partial charge in [-0.3, -0.25) is 4.68 Å². The molecule has 2 aromatic heterocycles. The number of rotatable bonds is 5. The van der Waals surface area contributed by atoms with E-state index in [4.69, 9.17) is 0 Å². The summed E-state index contributed by atoms with van der Waals surface area (Å²) in [6.45, 7) is 6.84. The standard InChI is InChI=1S/C11H16N4S/c1-9-5-14-15(7-9)4-3-12-6-11-10(2)13-8-16-11/h5,7-8,12H,3-4,6H2,1-2H3. The second-order valence-electron chi connectivity index (χ2n) is 3.82. The van der Waals surface area contributed by atoms with Gasteiger partial charge in [0.25, 0.3) is 0 Å². The zero-order valence-electron chi connectivity index (χ0n) is 9.60. The van der Waals surface area contributed by atoms with Crippen molar-refractivity contribution in [2.75, 3.05) is 6.54 Å². The molecule has 2 rings (SSSR count). The van der Waals surface area contributed by atoms with Crippen LogP contribution in [-0.2, 0) is 13.1 Å². The van der Waals surface area contributed by atoms with Crippen LogP contribution < -0.4 is 5.32 Å². The Morgan fingerprint density at radius 1 is 1.44 bits per heavy atom.